The molecule has 0 spiro atoms. The molecule has 0 aromatic rings. The summed E-state index contributed by atoms with van der Waals surface area (Å²) in [5.41, 5.74) is -0.372. The van der Waals surface area contributed by atoms with Crippen molar-refractivity contribution in [1.82, 2.24) is 5.32 Å². The van der Waals surface area contributed by atoms with Gasteiger partial charge in [-0.3, -0.25) is 4.79 Å². The molecule has 0 aromatic heterocycles. The summed E-state index contributed by atoms with van der Waals surface area (Å²) in [6.45, 7) is 3.14. The molecule has 0 aliphatic heterocycles. The highest BCUT2D eigenvalue weighted by Crippen LogP contribution is 1.95. The second-order valence-corrected chi connectivity index (χ2v) is 2.71. The molecule has 0 saturated carbocycles. The average molecular weight is 215 g/mol. The summed E-state index contributed by atoms with van der Waals surface area (Å²) < 4.78 is 4.67. The maximum absolute atomic E-state index is 11.2. The van der Waals surface area contributed by atoms with E-state index in [9.17, 15) is 14.4 Å². The first kappa shape index (κ1) is 13.2. The van der Waals surface area contributed by atoms with Crippen LogP contribution in [0.2, 0.25) is 0 Å². The van der Waals surface area contributed by atoms with Gasteiger partial charge in [-0.15, -0.1) is 0 Å². The van der Waals surface area contributed by atoms with Crippen LogP contribution in [0.25, 0.3) is 0 Å². The van der Waals surface area contributed by atoms with Crippen LogP contribution in [-0.4, -0.2) is 29.6 Å². The van der Waals surface area contributed by atoms with Gasteiger partial charge in [0.25, 0.3) is 0 Å². The van der Waals surface area contributed by atoms with Crippen molar-refractivity contribution < 1.29 is 24.2 Å². The van der Waals surface area contributed by atoms with E-state index in [1.807, 2.05) is 0 Å². The van der Waals surface area contributed by atoms with Crippen molar-refractivity contribution >= 4 is 17.8 Å². The monoisotopic (exact) mass is 215 g/mol. The standard InChI is InChI=1S/C9H13NO5/c1-3-4-15-9(14)7(5-8(12)13)10-6(2)11/h5H,3-4H2,1-2H3,(H,10,11)(H,12,13)/b7-5-. The van der Waals surface area contributed by atoms with Gasteiger partial charge >= 0.3 is 11.9 Å². The van der Waals surface area contributed by atoms with Crippen LogP contribution in [-0.2, 0) is 19.1 Å². The maximum atomic E-state index is 11.2. The Labute approximate surface area is 86.9 Å². The van der Waals surface area contributed by atoms with Crippen LogP contribution in [0.5, 0.6) is 0 Å². The fourth-order valence-electron chi connectivity index (χ4n) is 0.732. The highest BCUT2D eigenvalue weighted by molar-refractivity contribution is 5.98. The first-order valence-electron chi connectivity index (χ1n) is 4.36. The number of hydrogen-bond acceptors (Lipinski definition) is 4. The van der Waals surface area contributed by atoms with Gasteiger partial charge in [-0.05, 0) is 6.42 Å². The summed E-state index contributed by atoms with van der Waals surface area (Å²) in [6.07, 6.45) is 1.21. The molecule has 0 radical (unpaired) electrons. The number of carbonyl (C=O) groups is 3. The Morgan fingerprint density at radius 2 is 2.00 bits per heavy atom. The van der Waals surface area contributed by atoms with E-state index < -0.39 is 17.8 Å². The Bertz CT molecular complexity index is 295. The summed E-state index contributed by atoms with van der Waals surface area (Å²) in [6, 6.07) is 0. The fourth-order valence-corrected chi connectivity index (χ4v) is 0.732. The lowest BCUT2D eigenvalue weighted by Crippen LogP contribution is -2.27. The Hall–Kier alpha value is -1.85. The average Bonchev–Trinajstić information content (AvgIpc) is 2.11. The SMILES string of the molecule is CCCOC(=O)/C(=C/C(=O)O)NC(C)=O. The third kappa shape index (κ3) is 6.25. The summed E-state index contributed by atoms with van der Waals surface area (Å²) in [7, 11) is 0. The second-order valence-electron chi connectivity index (χ2n) is 2.71. The molecule has 0 saturated heterocycles. The Morgan fingerprint density at radius 1 is 1.40 bits per heavy atom. The molecule has 0 rings (SSSR count). The zero-order valence-electron chi connectivity index (χ0n) is 8.57. The van der Waals surface area contributed by atoms with Gasteiger partial charge in [0.15, 0.2) is 0 Å². The van der Waals surface area contributed by atoms with E-state index in [1.165, 1.54) is 6.92 Å². The van der Waals surface area contributed by atoms with Gasteiger partial charge in [0.2, 0.25) is 5.91 Å². The third-order valence-corrected chi connectivity index (χ3v) is 1.24. The number of carboxylic acid groups (broad SMARTS) is 1. The minimum atomic E-state index is -1.33. The Kier molecular flexibility index (Phi) is 5.77. The summed E-state index contributed by atoms with van der Waals surface area (Å²) in [5.74, 6) is -2.71. The largest absolute Gasteiger partial charge is 0.478 e. The molecule has 0 heterocycles. The summed E-state index contributed by atoms with van der Waals surface area (Å²) in [4.78, 5) is 32.2. The molecule has 84 valence electrons. The van der Waals surface area contributed by atoms with Gasteiger partial charge in [0, 0.05) is 6.92 Å². The summed E-state index contributed by atoms with van der Waals surface area (Å²) >= 11 is 0. The quantitative estimate of drug-likeness (QED) is 0.499. The lowest BCUT2D eigenvalue weighted by molar-refractivity contribution is -0.141. The maximum Gasteiger partial charge on any atom is 0.355 e. The smallest absolute Gasteiger partial charge is 0.355 e. The minimum Gasteiger partial charge on any atom is -0.478 e. The van der Waals surface area contributed by atoms with E-state index in [4.69, 9.17) is 5.11 Å². The van der Waals surface area contributed by atoms with E-state index in [1.54, 1.807) is 6.92 Å². The van der Waals surface area contributed by atoms with Crippen molar-refractivity contribution in [3.8, 4) is 0 Å². The lowest BCUT2D eigenvalue weighted by Gasteiger charge is -2.06. The molecule has 0 aromatic carbocycles. The van der Waals surface area contributed by atoms with Gasteiger partial charge in [0.1, 0.15) is 5.70 Å². The molecule has 6 nitrogen and oxygen atoms in total. The third-order valence-electron chi connectivity index (χ3n) is 1.24. The highest BCUT2D eigenvalue weighted by Gasteiger charge is 2.13. The van der Waals surface area contributed by atoms with Gasteiger partial charge in [0.05, 0.1) is 12.7 Å². The highest BCUT2D eigenvalue weighted by atomic mass is 16.5. The van der Waals surface area contributed by atoms with Crippen molar-refractivity contribution in [3.05, 3.63) is 11.8 Å². The molecule has 2 N–H and O–H groups in total. The topological polar surface area (TPSA) is 92.7 Å². The number of hydrogen-bond donors (Lipinski definition) is 2. The van der Waals surface area contributed by atoms with E-state index in [0.717, 1.165) is 0 Å². The Morgan fingerprint density at radius 3 is 2.40 bits per heavy atom. The molecule has 0 fully saturated rings. The van der Waals surface area contributed by atoms with Gasteiger partial charge in [-0.25, -0.2) is 9.59 Å². The first-order valence-corrected chi connectivity index (χ1v) is 4.36. The van der Waals surface area contributed by atoms with Crippen LogP contribution in [0, 0.1) is 0 Å². The lowest BCUT2D eigenvalue weighted by atomic mass is 10.4. The van der Waals surface area contributed by atoms with Gasteiger partial charge in [-0.2, -0.15) is 0 Å². The van der Waals surface area contributed by atoms with Crippen LogP contribution >= 0.6 is 0 Å². The van der Waals surface area contributed by atoms with Crippen molar-refractivity contribution in [2.45, 2.75) is 20.3 Å². The van der Waals surface area contributed by atoms with Crippen LogP contribution in [0.4, 0.5) is 0 Å². The molecular weight excluding hydrogens is 202 g/mol. The number of ether oxygens (including phenoxy) is 1. The number of nitrogens with one attached hydrogen (secondary N) is 1. The fraction of sp³-hybridized carbons (Fsp3) is 0.444. The predicted molar refractivity (Wildman–Crippen MR) is 50.8 cm³/mol. The van der Waals surface area contributed by atoms with E-state index >= 15 is 0 Å². The van der Waals surface area contributed by atoms with Crippen LogP contribution < -0.4 is 5.32 Å². The first-order chi connectivity index (χ1) is 6.97. The van der Waals surface area contributed by atoms with Crippen molar-refractivity contribution in [2.24, 2.45) is 0 Å². The van der Waals surface area contributed by atoms with Crippen molar-refractivity contribution in [3.63, 3.8) is 0 Å². The van der Waals surface area contributed by atoms with Gasteiger partial charge < -0.3 is 15.2 Å². The number of esters is 1. The molecule has 1 amide bonds. The summed E-state index contributed by atoms with van der Waals surface area (Å²) in [5, 5.41) is 10.5. The zero-order chi connectivity index (χ0) is 11.8. The minimum absolute atomic E-state index is 0.176. The predicted octanol–water partition coefficient (Wildman–Crippen LogP) is 0.0442. The van der Waals surface area contributed by atoms with Crippen molar-refractivity contribution in [2.75, 3.05) is 6.61 Å². The van der Waals surface area contributed by atoms with E-state index in [-0.39, 0.29) is 12.3 Å². The molecule has 6 heteroatoms. The molecule has 0 atom stereocenters. The second kappa shape index (κ2) is 6.58. The molecule has 0 unspecified atom stereocenters. The van der Waals surface area contributed by atoms with Gasteiger partial charge in [-0.1, -0.05) is 6.92 Å². The van der Waals surface area contributed by atoms with Crippen LogP contribution in [0.1, 0.15) is 20.3 Å². The molecular formula is C9H13NO5. The number of carbonyl (C=O) groups excluding carboxylic acids is 2. The number of carboxylic acids is 1. The normalized spacial score (nSPS) is 10.7. The van der Waals surface area contributed by atoms with Crippen molar-refractivity contribution in [1.29, 1.82) is 0 Å². The Balaban J connectivity index is 4.55. The van der Waals surface area contributed by atoms with E-state index in [0.29, 0.717) is 12.5 Å². The zero-order valence-corrected chi connectivity index (χ0v) is 8.57. The number of rotatable bonds is 5. The number of aliphatic carboxylic acids is 1. The molecule has 0 aliphatic rings. The van der Waals surface area contributed by atoms with Crippen LogP contribution in [0.3, 0.4) is 0 Å². The number of amides is 1. The van der Waals surface area contributed by atoms with Crippen LogP contribution in [0.15, 0.2) is 11.8 Å². The van der Waals surface area contributed by atoms with E-state index in [2.05, 4.69) is 10.1 Å². The molecule has 0 aliphatic carbocycles. The molecule has 15 heavy (non-hydrogen) atoms. The molecule has 0 bridgehead atoms.